The molecule has 4 rings (SSSR count). The van der Waals surface area contributed by atoms with E-state index in [1.165, 1.54) is 5.57 Å². The van der Waals surface area contributed by atoms with Crippen molar-refractivity contribution >= 4 is 0 Å². The van der Waals surface area contributed by atoms with Gasteiger partial charge in [0.05, 0.1) is 6.61 Å². The normalized spacial score (nSPS) is 45.3. The van der Waals surface area contributed by atoms with Crippen molar-refractivity contribution in [3.8, 4) is 0 Å². The van der Waals surface area contributed by atoms with Gasteiger partial charge in [-0.1, -0.05) is 18.2 Å². The standard InChI is InChI=1S/C17H24O5/c1-16(2)18-9-11(20-16)13-15-14(21-17(3,4)22-15)12(19-13)10-7-5-6-8-10/h5,7-8,11-15H,6,9H2,1-4H3/t11?,12-,13+,14+,15-/m0/s1. The van der Waals surface area contributed by atoms with Crippen LogP contribution in [0.4, 0.5) is 0 Å². The van der Waals surface area contributed by atoms with Gasteiger partial charge in [-0.15, -0.1) is 0 Å². The number of fused-ring (bicyclic) bond motifs is 1. The molecule has 5 atom stereocenters. The maximum Gasteiger partial charge on any atom is 0.164 e. The van der Waals surface area contributed by atoms with E-state index in [0.29, 0.717) is 6.61 Å². The van der Waals surface area contributed by atoms with Crippen molar-refractivity contribution in [2.45, 2.75) is 76.2 Å². The van der Waals surface area contributed by atoms with Crippen molar-refractivity contribution in [2.24, 2.45) is 0 Å². The first-order chi connectivity index (χ1) is 10.3. The maximum absolute atomic E-state index is 6.31. The predicted molar refractivity (Wildman–Crippen MR) is 79.2 cm³/mol. The van der Waals surface area contributed by atoms with Gasteiger partial charge in [0.15, 0.2) is 11.6 Å². The summed E-state index contributed by atoms with van der Waals surface area (Å²) in [6.07, 6.45) is 6.78. The molecule has 1 aliphatic carbocycles. The SMILES string of the molecule is CC1(C)OCC([C@H]2O[C@@H](C3=CCC=C3)[C@H]3OC(C)(C)O[C@H]32)O1. The summed E-state index contributed by atoms with van der Waals surface area (Å²) in [5.74, 6) is -1.16. The molecule has 122 valence electrons. The Labute approximate surface area is 131 Å². The van der Waals surface area contributed by atoms with Gasteiger partial charge < -0.3 is 23.7 Å². The second-order valence-corrected chi connectivity index (χ2v) is 7.30. The first kappa shape index (κ1) is 14.8. The lowest BCUT2D eigenvalue weighted by atomic mass is 10.0. The van der Waals surface area contributed by atoms with E-state index in [1.807, 2.05) is 27.7 Å². The summed E-state index contributed by atoms with van der Waals surface area (Å²) in [5, 5.41) is 0. The van der Waals surface area contributed by atoms with Crippen LogP contribution in [-0.2, 0) is 23.7 Å². The molecule has 1 unspecified atom stereocenters. The first-order valence-corrected chi connectivity index (χ1v) is 8.04. The van der Waals surface area contributed by atoms with E-state index in [1.54, 1.807) is 0 Å². The van der Waals surface area contributed by atoms with Gasteiger partial charge in [-0.2, -0.15) is 0 Å². The van der Waals surface area contributed by atoms with Crippen LogP contribution in [0, 0.1) is 0 Å². The van der Waals surface area contributed by atoms with E-state index in [0.717, 1.165) is 6.42 Å². The molecular formula is C17H24O5. The van der Waals surface area contributed by atoms with Crippen LogP contribution in [0.5, 0.6) is 0 Å². The van der Waals surface area contributed by atoms with Crippen molar-refractivity contribution in [2.75, 3.05) is 6.61 Å². The Hall–Kier alpha value is -0.720. The first-order valence-electron chi connectivity index (χ1n) is 8.04. The molecule has 5 nitrogen and oxygen atoms in total. The van der Waals surface area contributed by atoms with Crippen LogP contribution in [0.15, 0.2) is 23.8 Å². The van der Waals surface area contributed by atoms with E-state index >= 15 is 0 Å². The van der Waals surface area contributed by atoms with Gasteiger partial charge >= 0.3 is 0 Å². The third-order valence-electron chi connectivity index (χ3n) is 4.61. The molecule has 0 bridgehead atoms. The molecule has 3 aliphatic heterocycles. The minimum Gasteiger partial charge on any atom is -0.362 e. The van der Waals surface area contributed by atoms with Crippen LogP contribution in [0.3, 0.4) is 0 Å². The molecule has 0 spiro atoms. The zero-order valence-corrected chi connectivity index (χ0v) is 13.6. The number of hydrogen-bond donors (Lipinski definition) is 0. The van der Waals surface area contributed by atoms with E-state index in [4.69, 9.17) is 23.7 Å². The molecule has 3 fully saturated rings. The summed E-state index contributed by atoms with van der Waals surface area (Å²) in [4.78, 5) is 0. The molecule has 5 heteroatoms. The topological polar surface area (TPSA) is 46.2 Å². The van der Waals surface area contributed by atoms with Crippen molar-refractivity contribution in [3.05, 3.63) is 23.8 Å². The zero-order chi connectivity index (χ0) is 15.5. The van der Waals surface area contributed by atoms with Crippen molar-refractivity contribution in [3.63, 3.8) is 0 Å². The highest BCUT2D eigenvalue weighted by Crippen LogP contribution is 2.44. The van der Waals surface area contributed by atoms with Crippen LogP contribution >= 0.6 is 0 Å². The van der Waals surface area contributed by atoms with E-state index in [9.17, 15) is 0 Å². The Morgan fingerprint density at radius 2 is 1.73 bits per heavy atom. The van der Waals surface area contributed by atoms with E-state index in [-0.39, 0.29) is 30.5 Å². The molecule has 3 saturated heterocycles. The summed E-state index contributed by atoms with van der Waals surface area (Å²) in [6, 6.07) is 0. The zero-order valence-electron chi connectivity index (χ0n) is 13.6. The lowest BCUT2D eigenvalue weighted by molar-refractivity contribution is -0.202. The molecule has 22 heavy (non-hydrogen) atoms. The minimum absolute atomic E-state index is 0.0946. The highest BCUT2D eigenvalue weighted by atomic mass is 16.8. The Morgan fingerprint density at radius 3 is 2.36 bits per heavy atom. The van der Waals surface area contributed by atoms with Gasteiger partial charge in [-0.05, 0) is 39.7 Å². The molecule has 0 radical (unpaired) electrons. The molecule has 0 aromatic carbocycles. The van der Waals surface area contributed by atoms with Gasteiger partial charge in [-0.3, -0.25) is 0 Å². The molecule has 0 amide bonds. The molecule has 0 aromatic heterocycles. The second kappa shape index (κ2) is 4.89. The fourth-order valence-electron chi connectivity index (χ4n) is 3.76. The Morgan fingerprint density at radius 1 is 0.955 bits per heavy atom. The quantitative estimate of drug-likeness (QED) is 0.783. The third-order valence-corrected chi connectivity index (χ3v) is 4.61. The average molecular weight is 308 g/mol. The van der Waals surface area contributed by atoms with Crippen LogP contribution in [0.2, 0.25) is 0 Å². The van der Waals surface area contributed by atoms with E-state index < -0.39 is 11.6 Å². The number of hydrogen-bond acceptors (Lipinski definition) is 5. The third kappa shape index (κ3) is 2.45. The predicted octanol–water partition coefficient (Wildman–Crippen LogP) is 2.31. The number of ether oxygens (including phenoxy) is 5. The summed E-state index contributed by atoms with van der Waals surface area (Å²) < 4.78 is 30.3. The Kier molecular flexibility index (Phi) is 3.30. The highest BCUT2D eigenvalue weighted by molar-refractivity contribution is 5.33. The summed E-state index contributed by atoms with van der Waals surface area (Å²) in [6.45, 7) is 8.28. The average Bonchev–Trinajstić information content (AvgIpc) is 3.12. The fraction of sp³-hybridized carbons (Fsp3) is 0.765. The monoisotopic (exact) mass is 308 g/mol. The highest BCUT2D eigenvalue weighted by Gasteiger charge is 2.59. The van der Waals surface area contributed by atoms with Crippen LogP contribution < -0.4 is 0 Å². The van der Waals surface area contributed by atoms with E-state index in [2.05, 4.69) is 18.2 Å². The summed E-state index contributed by atoms with van der Waals surface area (Å²) >= 11 is 0. The maximum atomic E-state index is 6.31. The Balaban J connectivity index is 1.59. The molecule has 0 N–H and O–H groups in total. The van der Waals surface area contributed by atoms with Crippen molar-refractivity contribution in [1.29, 1.82) is 0 Å². The van der Waals surface area contributed by atoms with Gasteiger partial charge in [0, 0.05) is 0 Å². The minimum atomic E-state index is -0.590. The van der Waals surface area contributed by atoms with Gasteiger partial charge in [-0.25, -0.2) is 0 Å². The largest absolute Gasteiger partial charge is 0.362 e. The lowest BCUT2D eigenvalue weighted by Gasteiger charge is -2.27. The second-order valence-electron chi connectivity index (χ2n) is 7.30. The molecule has 3 heterocycles. The van der Waals surface area contributed by atoms with Crippen molar-refractivity contribution < 1.29 is 23.7 Å². The van der Waals surface area contributed by atoms with Crippen molar-refractivity contribution in [1.82, 2.24) is 0 Å². The van der Waals surface area contributed by atoms with Gasteiger partial charge in [0.2, 0.25) is 0 Å². The van der Waals surface area contributed by atoms with Crippen LogP contribution in [-0.4, -0.2) is 48.7 Å². The smallest absolute Gasteiger partial charge is 0.164 e. The molecule has 0 saturated carbocycles. The van der Waals surface area contributed by atoms with Gasteiger partial charge in [0.1, 0.15) is 30.5 Å². The molecule has 0 aromatic rings. The lowest BCUT2D eigenvalue weighted by Crippen LogP contribution is -2.40. The molecule has 4 aliphatic rings. The number of allylic oxidation sites excluding steroid dienone is 2. The molecular weight excluding hydrogens is 284 g/mol. The Bertz CT molecular complexity index is 521. The number of rotatable bonds is 2. The summed E-state index contributed by atoms with van der Waals surface area (Å²) in [5.41, 5.74) is 1.18. The summed E-state index contributed by atoms with van der Waals surface area (Å²) in [7, 11) is 0. The fourth-order valence-corrected chi connectivity index (χ4v) is 3.76. The van der Waals surface area contributed by atoms with Crippen LogP contribution in [0.1, 0.15) is 34.1 Å². The van der Waals surface area contributed by atoms with Crippen LogP contribution in [0.25, 0.3) is 0 Å². The van der Waals surface area contributed by atoms with Gasteiger partial charge in [0.25, 0.3) is 0 Å².